The monoisotopic (exact) mass is 189 g/mol. The van der Waals surface area contributed by atoms with Crippen LogP contribution in [-0.2, 0) is 0 Å². The van der Waals surface area contributed by atoms with Gasteiger partial charge in [0.15, 0.2) is 5.78 Å². The van der Waals surface area contributed by atoms with E-state index in [1.807, 2.05) is 19.1 Å². The van der Waals surface area contributed by atoms with Gasteiger partial charge in [0, 0.05) is 0 Å². The average Bonchev–Trinajstić information content (AvgIpc) is 2.17. The number of nitrogens with zero attached hydrogens (tertiary/aromatic N) is 1. The normalized spacial score (nSPS) is 9.21. The number of rotatable bonds is 3. The van der Waals surface area contributed by atoms with Crippen molar-refractivity contribution >= 4 is 5.78 Å². The number of ether oxygens (including phenoxy) is 1. The lowest BCUT2D eigenvalue weighted by atomic mass is 10.1. The maximum absolute atomic E-state index is 11.4. The van der Waals surface area contributed by atoms with Gasteiger partial charge in [0.25, 0.3) is 0 Å². The molecule has 0 heterocycles. The van der Waals surface area contributed by atoms with Crippen molar-refractivity contribution in [1.82, 2.24) is 0 Å². The van der Waals surface area contributed by atoms with Crippen LogP contribution in [0, 0.1) is 18.3 Å². The fourth-order valence-electron chi connectivity index (χ4n) is 1.20. The Morgan fingerprint density at radius 2 is 2.29 bits per heavy atom. The zero-order valence-corrected chi connectivity index (χ0v) is 8.20. The number of Topliss-reactive ketones (excluding diaryl/α,β-unsaturated/α-hetero) is 1. The topological polar surface area (TPSA) is 50.1 Å². The van der Waals surface area contributed by atoms with Crippen LogP contribution in [0.1, 0.15) is 22.3 Å². The fourth-order valence-corrected chi connectivity index (χ4v) is 1.20. The lowest BCUT2D eigenvalue weighted by Gasteiger charge is -2.06. The van der Waals surface area contributed by atoms with Gasteiger partial charge in [0.05, 0.1) is 25.2 Å². The Morgan fingerprint density at radius 1 is 1.57 bits per heavy atom. The van der Waals surface area contributed by atoms with E-state index >= 15 is 0 Å². The third kappa shape index (κ3) is 2.11. The average molecular weight is 189 g/mol. The molecular weight excluding hydrogens is 178 g/mol. The molecule has 0 atom stereocenters. The van der Waals surface area contributed by atoms with Gasteiger partial charge in [-0.1, -0.05) is 6.07 Å². The van der Waals surface area contributed by atoms with Crippen LogP contribution in [0.2, 0.25) is 0 Å². The van der Waals surface area contributed by atoms with Gasteiger partial charge >= 0.3 is 0 Å². The summed E-state index contributed by atoms with van der Waals surface area (Å²) in [6, 6.07) is 7.12. The highest BCUT2D eigenvalue weighted by Crippen LogP contribution is 2.21. The molecule has 1 aromatic rings. The molecule has 3 nitrogen and oxygen atoms in total. The summed E-state index contributed by atoms with van der Waals surface area (Å²) in [6.07, 6.45) is -0.112. The standard InChI is InChI=1S/C11H11NO2/c1-8-3-4-9(10(13)5-6-12)11(7-8)14-2/h3-4,7H,5H2,1-2H3. The first-order valence-electron chi connectivity index (χ1n) is 4.24. The molecule has 0 saturated heterocycles. The second kappa shape index (κ2) is 4.43. The predicted molar refractivity (Wildman–Crippen MR) is 52.3 cm³/mol. The van der Waals surface area contributed by atoms with Gasteiger partial charge in [-0.05, 0) is 24.6 Å². The Bertz CT molecular complexity index is 391. The van der Waals surface area contributed by atoms with E-state index < -0.39 is 0 Å². The van der Waals surface area contributed by atoms with E-state index in [1.165, 1.54) is 7.11 Å². The number of carbonyl (C=O) groups excluding carboxylic acids is 1. The molecule has 1 rings (SSSR count). The molecule has 0 fully saturated rings. The van der Waals surface area contributed by atoms with E-state index in [4.69, 9.17) is 10.00 Å². The smallest absolute Gasteiger partial charge is 0.180 e. The molecule has 0 aliphatic rings. The second-order valence-corrected chi connectivity index (χ2v) is 2.96. The molecule has 0 bridgehead atoms. The van der Waals surface area contributed by atoms with Crippen LogP contribution >= 0.6 is 0 Å². The minimum absolute atomic E-state index is 0.112. The SMILES string of the molecule is COc1cc(C)ccc1C(=O)CC#N. The van der Waals surface area contributed by atoms with Crippen LogP contribution in [-0.4, -0.2) is 12.9 Å². The van der Waals surface area contributed by atoms with Gasteiger partial charge in [-0.3, -0.25) is 4.79 Å². The molecule has 0 aliphatic carbocycles. The van der Waals surface area contributed by atoms with Crippen molar-refractivity contribution in [3.05, 3.63) is 29.3 Å². The van der Waals surface area contributed by atoms with Gasteiger partial charge < -0.3 is 4.74 Å². The third-order valence-electron chi connectivity index (χ3n) is 1.90. The summed E-state index contributed by atoms with van der Waals surface area (Å²) >= 11 is 0. The summed E-state index contributed by atoms with van der Waals surface area (Å²) in [5.74, 6) is 0.328. The first kappa shape index (κ1) is 10.3. The van der Waals surface area contributed by atoms with E-state index in [2.05, 4.69) is 0 Å². The van der Waals surface area contributed by atoms with Crippen molar-refractivity contribution in [3.8, 4) is 11.8 Å². The Kier molecular flexibility index (Phi) is 3.24. The molecule has 1 aromatic carbocycles. The summed E-state index contributed by atoms with van der Waals surface area (Å²) in [5, 5.41) is 8.40. The number of hydrogen-bond acceptors (Lipinski definition) is 3. The van der Waals surface area contributed by atoms with Crippen molar-refractivity contribution < 1.29 is 9.53 Å². The van der Waals surface area contributed by atoms with Gasteiger partial charge in [0.1, 0.15) is 5.75 Å². The zero-order chi connectivity index (χ0) is 10.6. The van der Waals surface area contributed by atoms with Gasteiger partial charge in [-0.25, -0.2) is 0 Å². The number of carbonyl (C=O) groups is 1. The Hall–Kier alpha value is -1.82. The van der Waals surface area contributed by atoms with Crippen LogP contribution in [0.15, 0.2) is 18.2 Å². The van der Waals surface area contributed by atoms with Crippen LogP contribution < -0.4 is 4.74 Å². The van der Waals surface area contributed by atoms with E-state index in [9.17, 15) is 4.79 Å². The summed E-state index contributed by atoms with van der Waals surface area (Å²) in [5.41, 5.74) is 1.50. The number of aryl methyl sites for hydroxylation is 1. The summed E-state index contributed by atoms with van der Waals surface area (Å²) in [7, 11) is 1.51. The zero-order valence-electron chi connectivity index (χ0n) is 8.20. The maximum Gasteiger partial charge on any atom is 0.180 e. The van der Waals surface area contributed by atoms with E-state index in [1.54, 1.807) is 12.1 Å². The largest absolute Gasteiger partial charge is 0.496 e. The van der Waals surface area contributed by atoms with Crippen molar-refractivity contribution in [1.29, 1.82) is 5.26 Å². The number of nitriles is 1. The Labute approximate surface area is 82.9 Å². The molecule has 0 amide bonds. The Morgan fingerprint density at radius 3 is 2.86 bits per heavy atom. The number of hydrogen-bond donors (Lipinski definition) is 0. The molecule has 72 valence electrons. The molecule has 3 heteroatoms. The molecule has 0 aromatic heterocycles. The van der Waals surface area contributed by atoms with Crippen molar-refractivity contribution in [2.24, 2.45) is 0 Å². The highest BCUT2D eigenvalue weighted by Gasteiger charge is 2.11. The van der Waals surface area contributed by atoms with E-state index in [-0.39, 0.29) is 12.2 Å². The number of methoxy groups -OCH3 is 1. The molecule has 0 unspecified atom stereocenters. The maximum atomic E-state index is 11.4. The summed E-state index contributed by atoms with van der Waals surface area (Å²) in [6.45, 7) is 1.92. The minimum atomic E-state index is -0.204. The van der Waals surface area contributed by atoms with Crippen molar-refractivity contribution in [2.75, 3.05) is 7.11 Å². The molecule has 0 N–H and O–H groups in total. The van der Waals surface area contributed by atoms with Crippen molar-refractivity contribution in [3.63, 3.8) is 0 Å². The number of ketones is 1. The first-order valence-corrected chi connectivity index (χ1v) is 4.24. The molecular formula is C11H11NO2. The molecule has 14 heavy (non-hydrogen) atoms. The lowest BCUT2D eigenvalue weighted by molar-refractivity contribution is 0.0995. The summed E-state index contributed by atoms with van der Waals surface area (Å²) in [4.78, 5) is 11.4. The van der Waals surface area contributed by atoms with E-state index in [0.717, 1.165) is 5.56 Å². The fraction of sp³-hybridized carbons (Fsp3) is 0.273. The minimum Gasteiger partial charge on any atom is -0.496 e. The van der Waals surface area contributed by atoms with Gasteiger partial charge in [-0.15, -0.1) is 0 Å². The summed E-state index contributed by atoms with van der Waals surface area (Å²) < 4.78 is 5.06. The molecule has 0 spiro atoms. The Balaban J connectivity index is 3.09. The quantitative estimate of drug-likeness (QED) is 0.684. The molecule has 0 aliphatic heterocycles. The van der Waals surface area contributed by atoms with E-state index in [0.29, 0.717) is 11.3 Å². The van der Waals surface area contributed by atoms with Gasteiger partial charge in [0.2, 0.25) is 0 Å². The lowest BCUT2D eigenvalue weighted by Crippen LogP contribution is -2.01. The predicted octanol–water partition coefficient (Wildman–Crippen LogP) is 2.10. The van der Waals surface area contributed by atoms with Crippen LogP contribution in [0.4, 0.5) is 0 Å². The van der Waals surface area contributed by atoms with Crippen LogP contribution in [0.5, 0.6) is 5.75 Å². The number of benzene rings is 1. The van der Waals surface area contributed by atoms with Crippen LogP contribution in [0.3, 0.4) is 0 Å². The molecule has 0 radical (unpaired) electrons. The van der Waals surface area contributed by atoms with Gasteiger partial charge in [-0.2, -0.15) is 5.26 Å². The highest BCUT2D eigenvalue weighted by atomic mass is 16.5. The van der Waals surface area contributed by atoms with Crippen LogP contribution in [0.25, 0.3) is 0 Å². The second-order valence-electron chi connectivity index (χ2n) is 2.96. The highest BCUT2D eigenvalue weighted by molar-refractivity contribution is 5.99. The van der Waals surface area contributed by atoms with Crippen molar-refractivity contribution in [2.45, 2.75) is 13.3 Å². The first-order chi connectivity index (χ1) is 6.69. The molecule has 0 saturated carbocycles. The third-order valence-corrected chi connectivity index (χ3v) is 1.90.